The highest BCUT2D eigenvalue weighted by Gasteiger charge is 2.14. The molecule has 5 aromatic rings. The van der Waals surface area contributed by atoms with Crippen molar-refractivity contribution in [1.29, 1.82) is 0 Å². The van der Waals surface area contributed by atoms with Crippen LogP contribution in [0.4, 0.5) is 0 Å². The first kappa shape index (κ1) is 19.2. The molecule has 4 heteroatoms. The second-order valence-electron chi connectivity index (χ2n) is 7.50. The minimum atomic E-state index is -0.947. The molecule has 0 saturated heterocycles. The quantitative estimate of drug-likeness (QED) is 0.331. The second-order valence-corrected chi connectivity index (χ2v) is 8.53. The third kappa shape index (κ3) is 3.74. The standard InChI is InChI=1S/C27H19NO2S/c1-17-6-4-7-18(14-17)19-8-5-9-20(15-19)25-16-21-12-13-24(28-26(21)31-25)22-10-2-3-11-23(22)27(29)30/h2-16H,1H3,(H,29,30). The first-order valence-electron chi connectivity index (χ1n) is 9.99. The molecule has 31 heavy (non-hydrogen) atoms. The summed E-state index contributed by atoms with van der Waals surface area (Å²) in [4.78, 5) is 18.4. The lowest BCUT2D eigenvalue weighted by molar-refractivity contribution is 0.0697. The normalized spacial score (nSPS) is 11.0. The lowest BCUT2D eigenvalue weighted by Gasteiger charge is -2.05. The van der Waals surface area contributed by atoms with Crippen LogP contribution in [0.5, 0.6) is 0 Å². The second kappa shape index (κ2) is 7.82. The van der Waals surface area contributed by atoms with Crippen LogP contribution in [-0.4, -0.2) is 16.1 Å². The van der Waals surface area contributed by atoms with Gasteiger partial charge in [0.25, 0.3) is 0 Å². The van der Waals surface area contributed by atoms with E-state index in [-0.39, 0.29) is 5.56 Å². The Bertz CT molecular complexity index is 1430. The van der Waals surface area contributed by atoms with E-state index in [9.17, 15) is 9.90 Å². The Morgan fingerprint density at radius 1 is 0.806 bits per heavy atom. The van der Waals surface area contributed by atoms with Gasteiger partial charge in [0, 0.05) is 15.8 Å². The molecule has 0 bridgehead atoms. The van der Waals surface area contributed by atoms with E-state index in [1.54, 1.807) is 29.5 Å². The van der Waals surface area contributed by atoms with Gasteiger partial charge in [-0.25, -0.2) is 9.78 Å². The van der Waals surface area contributed by atoms with Crippen molar-refractivity contribution in [1.82, 2.24) is 4.98 Å². The molecule has 5 rings (SSSR count). The summed E-state index contributed by atoms with van der Waals surface area (Å²) in [7, 11) is 0. The van der Waals surface area contributed by atoms with Gasteiger partial charge in [-0.05, 0) is 53.9 Å². The van der Waals surface area contributed by atoms with Gasteiger partial charge in [0.2, 0.25) is 0 Å². The van der Waals surface area contributed by atoms with Crippen molar-refractivity contribution in [2.45, 2.75) is 6.92 Å². The van der Waals surface area contributed by atoms with Crippen molar-refractivity contribution < 1.29 is 9.90 Å². The summed E-state index contributed by atoms with van der Waals surface area (Å²) < 4.78 is 0. The van der Waals surface area contributed by atoms with Crippen LogP contribution in [0.25, 0.3) is 43.0 Å². The molecule has 0 aliphatic carbocycles. The summed E-state index contributed by atoms with van der Waals surface area (Å²) >= 11 is 1.62. The number of pyridine rings is 1. The van der Waals surface area contributed by atoms with Gasteiger partial charge in [0.1, 0.15) is 4.83 Å². The molecule has 3 nitrogen and oxygen atoms in total. The average Bonchev–Trinajstić information content (AvgIpc) is 3.23. The number of nitrogens with zero attached hydrogens (tertiary/aromatic N) is 1. The van der Waals surface area contributed by atoms with Crippen molar-refractivity contribution in [3.63, 3.8) is 0 Å². The molecule has 1 N–H and O–H groups in total. The van der Waals surface area contributed by atoms with Crippen LogP contribution >= 0.6 is 11.3 Å². The third-order valence-electron chi connectivity index (χ3n) is 5.31. The van der Waals surface area contributed by atoms with Crippen molar-refractivity contribution in [2.75, 3.05) is 0 Å². The fraction of sp³-hybridized carbons (Fsp3) is 0.0370. The van der Waals surface area contributed by atoms with Crippen molar-refractivity contribution in [2.24, 2.45) is 0 Å². The van der Waals surface area contributed by atoms with Gasteiger partial charge in [-0.2, -0.15) is 0 Å². The minimum Gasteiger partial charge on any atom is -0.478 e. The molecule has 0 spiro atoms. The SMILES string of the molecule is Cc1cccc(-c2cccc(-c3cc4ccc(-c5ccccc5C(=O)O)nc4s3)c2)c1. The van der Waals surface area contributed by atoms with Gasteiger partial charge in [0.15, 0.2) is 0 Å². The number of benzene rings is 3. The van der Waals surface area contributed by atoms with Crippen molar-refractivity contribution >= 4 is 27.5 Å². The zero-order valence-corrected chi connectivity index (χ0v) is 17.7. The zero-order chi connectivity index (χ0) is 21.4. The van der Waals surface area contributed by atoms with Gasteiger partial charge in [-0.1, -0.05) is 66.2 Å². The van der Waals surface area contributed by atoms with Gasteiger partial charge in [0.05, 0.1) is 11.3 Å². The topological polar surface area (TPSA) is 50.2 Å². The Kier molecular flexibility index (Phi) is 4.85. The maximum Gasteiger partial charge on any atom is 0.336 e. The Morgan fingerprint density at radius 3 is 2.35 bits per heavy atom. The number of carboxylic acid groups (broad SMARTS) is 1. The molecule has 0 atom stereocenters. The van der Waals surface area contributed by atoms with Crippen molar-refractivity contribution in [3.05, 3.63) is 102 Å². The van der Waals surface area contributed by atoms with Crippen LogP contribution in [0.3, 0.4) is 0 Å². The molecular formula is C27H19NO2S. The van der Waals surface area contributed by atoms with Gasteiger partial charge in [-0.3, -0.25) is 0 Å². The summed E-state index contributed by atoms with van der Waals surface area (Å²) in [6.45, 7) is 2.10. The van der Waals surface area contributed by atoms with E-state index in [0.29, 0.717) is 11.3 Å². The number of fused-ring (bicyclic) bond motifs is 1. The fourth-order valence-electron chi connectivity index (χ4n) is 3.78. The predicted molar refractivity (Wildman–Crippen MR) is 128 cm³/mol. The lowest BCUT2D eigenvalue weighted by atomic mass is 10.0. The molecule has 0 saturated carbocycles. The zero-order valence-electron chi connectivity index (χ0n) is 16.9. The minimum absolute atomic E-state index is 0.261. The average molecular weight is 422 g/mol. The van der Waals surface area contributed by atoms with E-state index < -0.39 is 5.97 Å². The number of carboxylic acids is 1. The smallest absolute Gasteiger partial charge is 0.336 e. The van der Waals surface area contributed by atoms with Crippen LogP contribution in [0.15, 0.2) is 91.0 Å². The summed E-state index contributed by atoms with van der Waals surface area (Å²) in [6, 6.07) is 30.1. The van der Waals surface area contributed by atoms with Crippen LogP contribution < -0.4 is 0 Å². The predicted octanol–water partition coefficient (Wildman–Crippen LogP) is 7.30. The summed E-state index contributed by atoms with van der Waals surface area (Å²) in [5, 5.41) is 10.6. The largest absolute Gasteiger partial charge is 0.478 e. The lowest BCUT2D eigenvalue weighted by Crippen LogP contribution is -1.99. The first-order chi connectivity index (χ1) is 15.1. The molecular weight excluding hydrogens is 402 g/mol. The first-order valence-corrected chi connectivity index (χ1v) is 10.8. The monoisotopic (exact) mass is 421 g/mol. The molecule has 2 aromatic heterocycles. The molecule has 150 valence electrons. The van der Waals surface area contributed by atoms with Crippen LogP contribution in [-0.2, 0) is 0 Å². The molecule has 0 aliphatic rings. The maximum absolute atomic E-state index is 11.6. The number of aromatic carboxylic acids is 1. The fourth-order valence-corrected chi connectivity index (χ4v) is 4.81. The number of aromatic nitrogens is 1. The van der Waals surface area contributed by atoms with Gasteiger partial charge in [-0.15, -0.1) is 11.3 Å². The Balaban J connectivity index is 1.56. The number of aryl methyl sites for hydroxylation is 1. The van der Waals surface area contributed by atoms with Gasteiger partial charge < -0.3 is 5.11 Å². The number of thiophene rings is 1. The summed E-state index contributed by atoms with van der Waals surface area (Å²) in [5.41, 5.74) is 6.34. The van der Waals surface area contributed by atoms with E-state index >= 15 is 0 Å². The molecule has 3 aromatic carbocycles. The molecule has 0 amide bonds. The van der Waals surface area contributed by atoms with Crippen LogP contribution in [0.2, 0.25) is 0 Å². The number of hydrogen-bond acceptors (Lipinski definition) is 3. The Hall–Kier alpha value is -3.76. The van der Waals surface area contributed by atoms with E-state index in [4.69, 9.17) is 4.98 Å². The maximum atomic E-state index is 11.6. The van der Waals surface area contributed by atoms with Crippen LogP contribution in [0, 0.1) is 6.92 Å². The molecule has 0 radical (unpaired) electrons. The highest BCUT2D eigenvalue weighted by atomic mass is 32.1. The third-order valence-corrected chi connectivity index (χ3v) is 6.41. The highest BCUT2D eigenvalue weighted by Crippen LogP contribution is 2.36. The molecule has 0 fully saturated rings. The van der Waals surface area contributed by atoms with E-state index in [2.05, 4.69) is 61.5 Å². The number of rotatable bonds is 4. The van der Waals surface area contributed by atoms with E-state index in [1.165, 1.54) is 16.7 Å². The molecule has 0 unspecified atom stereocenters. The number of hydrogen-bond donors (Lipinski definition) is 1. The Labute approximate surface area is 184 Å². The highest BCUT2D eigenvalue weighted by molar-refractivity contribution is 7.21. The van der Waals surface area contributed by atoms with E-state index in [0.717, 1.165) is 20.7 Å². The molecule has 2 heterocycles. The van der Waals surface area contributed by atoms with Crippen LogP contribution in [0.1, 0.15) is 15.9 Å². The van der Waals surface area contributed by atoms with Crippen molar-refractivity contribution in [3.8, 4) is 32.8 Å². The van der Waals surface area contributed by atoms with E-state index in [1.807, 2.05) is 18.2 Å². The van der Waals surface area contributed by atoms with Gasteiger partial charge >= 0.3 is 5.97 Å². The number of carbonyl (C=O) groups is 1. The summed E-state index contributed by atoms with van der Waals surface area (Å²) in [6.07, 6.45) is 0. The molecule has 0 aliphatic heterocycles. The Morgan fingerprint density at radius 2 is 1.55 bits per heavy atom. The summed E-state index contributed by atoms with van der Waals surface area (Å²) in [5.74, 6) is -0.947.